The van der Waals surface area contributed by atoms with Crippen LogP contribution in [0.3, 0.4) is 0 Å². The zero-order valence-electron chi connectivity index (χ0n) is 14.1. The zero-order valence-corrected chi connectivity index (χ0v) is 17.3. The number of aliphatic imine (C=N–C) groups is 1. The summed E-state index contributed by atoms with van der Waals surface area (Å²) in [6, 6.07) is 1.39. The van der Waals surface area contributed by atoms with E-state index in [0.29, 0.717) is 6.04 Å². The van der Waals surface area contributed by atoms with Crippen LogP contribution in [0.4, 0.5) is 0 Å². The molecule has 0 bridgehead atoms. The van der Waals surface area contributed by atoms with Crippen LogP contribution in [0.5, 0.6) is 0 Å². The monoisotopic (exact) mass is 440 g/mol. The third kappa shape index (κ3) is 7.25. The SMILES string of the molecule is CCNC(=NCCN(C)C1CCCC1)NC1CCCSC1.I. The number of rotatable bonds is 6. The van der Waals surface area contributed by atoms with Crippen molar-refractivity contribution >= 4 is 41.7 Å². The minimum absolute atomic E-state index is 0. The molecule has 0 aromatic carbocycles. The molecule has 0 aromatic rings. The maximum Gasteiger partial charge on any atom is 0.191 e. The largest absolute Gasteiger partial charge is 0.357 e. The number of nitrogens with zero attached hydrogens (tertiary/aromatic N) is 2. The fraction of sp³-hybridized carbons (Fsp3) is 0.938. The average Bonchev–Trinajstić information content (AvgIpc) is 3.03. The predicted octanol–water partition coefficient (Wildman–Crippen LogP) is 2.93. The standard InChI is InChI=1S/C16H32N4S.HI/c1-3-17-16(19-14-7-6-12-21-13-14)18-10-11-20(2)15-8-4-5-9-15;/h14-15H,3-13H2,1-2H3,(H2,17,18,19);1H. The van der Waals surface area contributed by atoms with Crippen molar-refractivity contribution in [2.24, 2.45) is 4.99 Å². The van der Waals surface area contributed by atoms with Gasteiger partial charge in [0.15, 0.2) is 5.96 Å². The van der Waals surface area contributed by atoms with E-state index in [-0.39, 0.29) is 24.0 Å². The summed E-state index contributed by atoms with van der Waals surface area (Å²) in [6.45, 7) is 5.03. The van der Waals surface area contributed by atoms with Crippen molar-refractivity contribution in [1.29, 1.82) is 0 Å². The quantitative estimate of drug-likeness (QED) is 0.379. The Balaban J connectivity index is 0.00000242. The fourth-order valence-corrected chi connectivity index (χ4v) is 4.29. The predicted molar refractivity (Wildman–Crippen MR) is 110 cm³/mol. The highest BCUT2D eigenvalue weighted by molar-refractivity contribution is 14.0. The molecular weight excluding hydrogens is 407 g/mol. The Labute approximate surface area is 157 Å². The minimum atomic E-state index is 0. The van der Waals surface area contributed by atoms with Gasteiger partial charge in [-0.05, 0) is 45.4 Å². The summed E-state index contributed by atoms with van der Waals surface area (Å²) in [7, 11) is 2.25. The number of hydrogen-bond donors (Lipinski definition) is 2. The van der Waals surface area contributed by atoms with E-state index in [1.54, 1.807) is 0 Å². The molecule has 6 heteroatoms. The summed E-state index contributed by atoms with van der Waals surface area (Å²) in [5, 5.41) is 6.98. The van der Waals surface area contributed by atoms with Gasteiger partial charge in [-0.25, -0.2) is 0 Å². The van der Waals surface area contributed by atoms with Gasteiger partial charge in [0.05, 0.1) is 6.54 Å². The lowest BCUT2D eigenvalue weighted by atomic mass is 10.2. The van der Waals surface area contributed by atoms with Crippen molar-refractivity contribution < 1.29 is 0 Å². The fourth-order valence-electron chi connectivity index (χ4n) is 3.22. The Hall–Kier alpha value is 0.310. The van der Waals surface area contributed by atoms with E-state index in [1.165, 1.54) is 50.0 Å². The molecule has 0 aromatic heterocycles. The molecule has 0 amide bonds. The second kappa shape index (κ2) is 11.8. The van der Waals surface area contributed by atoms with Crippen molar-refractivity contribution in [3.05, 3.63) is 0 Å². The third-order valence-corrected chi connectivity index (χ3v) is 5.73. The highest BCUT2D eigenvalue weighted by Gasteiger charge is 2.19. The first-order chi connectivity index (χ1) is 10.3. The Kier molecular flexibility index (Phi) is 10.9. The molecule has 1 atom stereocenters. The topological polar surface area (TPSA) is 39.7 Å². The minimum Gasteiger partial charge on any atom is -0.357 e. The zero-order chi connectivity index (χ0) is 14.9. The first-order valence-electron chi connectivity index (χ1n) is 8.62. The van der Waals surface area contributed by atoms with E-state index in [0.717, 1.165) is 31.6 Å². The van der Waals surface area contributed by atoms with E-state index in [1.807, 2.05) is 0 Å². The maximum absolute atomic E-state index is 4.76. The van der Waals surface area contributed by atoms with E-state index >= 15 is 0 Å². The molecule has 1 aliphatic heterocycles. The highest BCUT2D eigenvalue weighted by atomic mass is 127. The Morgan fingerprint density at radius 1 is 1.23 bits per heavy atom. The van der Waals surface area contributed by atoms with Crippen LogP contribution in [0.2, 0.25) is 0 Å². The molecule has 2 aliphatic rings. The first-order valence-corrected chi connectivity index (χ1v) is 9.78. The molecule has 130 valence electrons. The van der Waals surface area contributed by atoms with E-state index in [2.05, 4.69) is 41.3 Å². The Bertz CT molecular complexity index is 315. The van der Waals surface area contributed by atoms with Crippen molar-refractivity contribution in [3.63, 3.8) is 0 Å². The van der Waals surface area contributed by atoms with Gasteiger partial charge in [0.25, 0.3) is 0 Å². The molecule has 1 heterocycles. The molecule has 0 radical (unpaired) electrons. The summed E-state index contributed by atoms with van der Waals surface area (Å²) in [5.74, 6) is 3.54. The van der Waals surface area contributed by atoms with Gasteiger partial charge in [-0.3, -0.25) is 4.99 Å². The molecule has 1 aliphatic carbocycles. The number of guanidine groups is 1. The molecule has 22 heavy (non-hydrogen) atoms. The van der Waals surface area contributed by atoms with Gasteiger partial charge in [-0.1, -0.05) is 12.8 Å². The van der Waals surface area contributed by atoms with E-state index < -0.39 is 0 Å². The van der Waals surface area contributed by atoms with Crippen LogP contribution in [0.15, 0.2) is 4.99 Å². The lowest BCUT2D eigenvalue weighted by Gasteiger charge is -2.25. The lowest BCUT2D eigenvalue weighted by molar-refractivity contribution is 0.252. The van der Waals surface area contributed by atoms with Gasteiger partial charge >= 0.3 is 0 Å². The van der Waals surface area contributed by atoms with Gasteiger partial charge in [0.2, 0.25) is 0 Å². The average molecular weight is 440 g/mol. The summed E-state index contributed by atoms with van der Waals surface area (Å²) in [6.07, 6.45) is 8.16. The smallest absolute Gasteiger partial charge is 0.191 e. The molecule has 2 N–H and O–H groups in total. The third-order valence-electron chi connectivity index (χ3n) is 4.52. The second-order valence-electron chi connectivity index (χ2n) is 6.24. The highest BCUT2D eigenvalue weighted by Crippen LogP contribution is 2.22. The number of halogens is 1. The molecule has 4 nitrogen and oxygen atoms in total. The normalized spacial score (nSPS) is 23.4. The molecule has 1 saturated heterocycles. The number of likely N-dealkylation sites (N-methyl/N-ethyl adjacent to an activating group) is 1. The molecule has 0 spiro atoms. The van der Waals surface area contributed by atoms with Gasteiger partial charge in [-0.2, -0.15) is 11.8 Å². The summed E-state index contributed by atoms with van der Waals surface area (Å²) in [4.78, 5) is 7.26. The van der Waals surface area contributed by atoms with Crippen LogP contribution in [0, 0.1) is 0 Å². The molecule has 1 saturated carbocycles. The molecular formula is C16H33IN4S. The van der Waals surface area contributed by atoms with Gasteiger partial charge < -0.3 is 15.5 Å². The Morgan fingerprint density at radius 3 is 2.64 bits per heavy atom. The van der Waals surface area contributed by atoms with Crippen molar-refractivity contribution in [1.82, 2.24) is 15.5 Å². The van der Waals surface area contributed by atoms with E-state index in [4.69, 9.17) is 4.99 Å². The summed E-state index contributed by atoms with van der Waals surface area (Å²) < 4.78 is 0. The first kappa shape index (κ1) is 20.4. The van der Waals surface area contributed by atoms with E-state index in [9.17, 15) is 0 Å². The number of thioether (sulfide) groups is 1. The number of nitrogens with one attached hydrogen (secondary N) is 2. The van der Waals surface area contributed by atoms with Crippen LogP contribution in [-0.2, 0) is 0 Å². The van der Waals surface area contributed by atoms with Crippen LogP contribution >= 0.6 is 35.7 Å². The molecule has 2 rings (SSSR count). The molecule has 2 fully saturated rings. The van der Waals surface area contributed by atoms with Gasteiger partial charge in [-0.15, -0.1) is 24.0 Å². The van der Waals surface area contributed by atoms with Gasteiger partial charge in [0.1, 0.15) is 0 Å². The van der Waals surface area contributed by atoms with Crippen molar-refractivity contribution in [2.75, 3.05) is 38.2 Å². The summed E-state index contributed by atoms with van der Waals surface area (Å²) in [5.41, 5.74) is 0. The maximum atomic E-state index is 4.76. The Morgan fingerprint density at radius 2 is 2.00 bits per heavy atom. The van der Waals surface area contributed by atoms with Crippen LogP contribution < -0.4 is 10.6 Å². The van der Waals surface area contributed by atoms with Crippen LogP contribution in [0.25, 0.3) is 0 Å². The second-order valence-corrected chi connectivity index (χ2v) is 7.39. The number of hydrogen-bond acceptors (Lipinski definition) is 3. The van der Waals surface area contributed by atoms with Crippen molar-refractivity contribution in [2.45, 2.75) is 57.5 Å². The van der Waals surface area contributed by atoms with Gasteiger partial charge in [0, 0.05) is 30.9 Å². The van der Waals surface area contributed by atoms with Crippen LogP contribution in [0.1, 0.15) is 45.4 Å². The van der Waals surface area contributed by atoms with Crippen molar-refractivity contribution in [3.8, 4) is 0 Å². The molecule has 1 unspecified atom stereocenters. The van der Waals surface area contributed by atoms with Crippen LogP contribution in [-0.4, -0.2) is 61.1 Å². The lowest BCUT2D eigenvalue weighted by Crippen LogP contribution is -2.45. The summed E-state index contributed by atoms with van der Waals surface area (Å²) >= 11 is 2.06.